The van der Waals surface area contributed by atoms with Crippen LogP contribution in [0.3, 0.4) is 0 Å². The predicted octanol–water partition coefficient (Wildman–Crippen LogP) is 3.76. The zero-order chi connectivity index (χ0) is 16.8. The van der Waals surface area contributed by atoms with Crippen LogP contribution >= 0.6 is 11.6 Å². The molecule has 0 bridgehead atoms. The molecule has 122 valence electrons. The lowest BCUT2D eigenvalue weighted by Crippen LogP contribution is -2.30. The molecule has 0 aliphatic carbocycles. The van der Waals surface area contributed by atoms with Gasteiger partial charge in [0.05, 0.1) is 19.9 Å². The zero-order valence-corrected chi connectivity index (χ0v) is 13.9. The molecule has 6 heteroatoms. The summed E-state index contributed by atoms with van der Waals surface area (Å²) < 4.78 is 16.0. The number of nitrogens with one attached hydrogen (secondary N) is 1. The molecule has 0 aliphatic heterocycles. The number of rotatable bonds is 6. The van der Waals surface area contributed by atoms with Crippen molar-refractivity contribution >= 4 is 23.2 Å². The van der Waals surface area contributed by atoms with E-state index < -0.39 is 6.10 Å². The van der Waals surface area contributed by atoms with Gasteiger partial charge >= 0.3 is 0 Å². The molecule has 5 nitrogen and oxygen atoms in total. The molecule has 1 N–H and O–H groups in total. The van der Waals surface area contributed by atoms with Crippen molar-refractivity contribution in [3.8, 4) is 17.2 Å². The molecule has 0 aliphatic rings. The first kappa shape index (κ1) is 17.0. The smallest absolute Gasteiger partial charge is 0.265 e. The van der Waals surface area contributed by atoms with E-state index in [2.05, 4.69) is 5.32 Å². The molecular weight excluding hydrogens is 318 g/mol. The van der Waals surface area contributed by atoms with Crippen molar-refractivity contribution < 1.29 is 19.0 Å². The van der Waals surface area contributed by atoms with E-state index in [1.165, 1.54) is 7.11 Å². The third-order valence-corrected chi connectivity index (χ3v) is 3.38. The fourth-order valence-corrected chi connectivity index (χ4v) is 2.12. The summed E-state index contributed by atoms with van der Waals surface area (Å²) in [5.41, 5.74) is 0.512. The lowest BCUT2D eigenvalue weighted by molar-refractivity contribution is -0.122. The number of hydrogen-bond donors (Lipinski definition) is 1. The molecule has 2 rings (SSSR count). The molecule has 0 saturated carbocycles. The van der Waals surface area contributed by atoms with Gasteiger partial charge in [-0.1, -0.05) is 17.7 Å². The third kappa shape index (κ3) is 4.53. The van der Waals surface area contributed by atoms with Crippen molar-refractivity contribution in [1.82, 2.24) is 0 Å². The van der Waals surface area contributed by atoms with Crippen LogP contribution < -0.4 is 19.5 Å². The molecule has 1 amide bonds. The summed E-state index contributed by atoms with van der Waals surface area (Å²) in [7, 11) is 3.08. The monoisotopic (exact) mass is 335 g/mol. The van der Waals surface area contributed by atoms with Crippen LogP contribution in [0, 0.1) is 0 Å². The van der Waals surface area contributed by atoms with Crippen LogP contribution in [0.2, 0.25) is 5.02 Å². The fraction of sp³-hybridized carbons (Fsp3) is 0.235. The maximum Gasteiger partial charge on any atom is 0.265 e. The van der Waals surface area contributed by atoms with Crippen LogP contribution in [0.25, 0.3) is 0 Å². The minimum absolute atomic E-state index is 0.309. The lowest BCUT2D eigenvalue weighted by atomic mass is 10.2. The second kappa shape index (κ2) is 7.74. The number of methoxy groups -OCH3 is 2. The van der Waals surface area contributed by atoms with E-state index in [9.17, 15) is 4.79 Å². The zero-order valence-electron chi connectivity index (χ0n) is 13.1. The Kier molecular flexibility index (Phi) is 5.71. The van der Waals surface area contributed by atoms with Gasteiger partial charge in [0, 0.05) is 11.1 Å². The SMILES string of the molecule is COc1ccc(OC)c(NC(=O)C(C)Oc2cccc(Cl)c2)c1. The van der Waals surface area contributed by atoms with Crippen LogP contribution in [0.15, 0.2) is 42.5 Å². The van der Waals surface area contributed by atoms with E-state index in [0.717, 1.165) is 0 Å². The number of carbonyl (C=O) groups excluding carboxylic acids is 1. The van der Waals surface area contributed by atoms with E-state index in [4.69, 9.17) is 25.8 Å². The van der Waals surface area contributed by atoms with Crippen LogP contribution in [0.1, 0.15) is 6.92 Å². The van der Waals surface area contributed by atoms with Crippen LogP contribution in [0.4, 0.5) is 5.69 Å². The molecule has 1 atom stereocenters. The van der Waals surface area contributed by atoms with Gasteiger partial charge in [0.25, 0.3) is 5.91 Å². The number of amides is 1. The van der Waals surface area contributed by atoms with Crippen molar-refractivity contribution in [2.75, 3.05) is 19.5 Å². The quantitative estimate of drug-likeness (QED) is 0.873. The summed E-state index contributed by atoms with van der Waals surface area (Å²) in [6.45, 7) is 1.66. The average molecular weight is 336 g/mol. The number of benzene rings is 2. The van der Waals surface area contributed by atoms with Gasteiger partial charge in [-0.15, -0.1) is 0 Å². The van der Waals surface area contributed by atoms with E-state index in [1.54, 1.807) is 56.5 Å². The van der Waals surface area contributed by atoms with Gasteiger partial charge in [-0.25, -0.2) is 0 Å². The largest absolute Gasteiger partial charge is 0.497 e. The lowest BCUT2D eigenvalue weighted by Gasteiger charge is -2.16. The molecule has 0 radical (unpaired) electrons. The maximum absolute atomic E-state index is 12.3. The van der Waals surface area contributed by atoms with Crippen LogP contribution in [0.5, 0.6) is 17.2 Å². The van der Waals surface area contributed by atoms with Crippen LogP contribution in [-0.2, 0) is 4.79 Å². The highest BCUT2D eigenvalue weighted by Crippen LogP contribution is 2.29. The first-order valence-electron chi connectivity index (χ1n) is 6.98. The standard InChI is InChI=1S/C17H18ClNO4/c1-11(23-14-6-4-5-12(18)9-14)17(20)19-15-10-13(21-2)7-8-16(15)22-3/h4-11H,1-3H3,(H,19,20). The highest BCUT2D eigenvalue weighted by Gasteiger charge is 2.17. The van der Waals surface area contributed by atoms with E-state index in [1.807, 2.05) is 0 Å². The van der Waals surface area contributed by atoms with Crippen molar-refractivity contribution in [3.63, 3.8) is 0 Å². The first-order valence-corrected chi connectivity index (χ1v) is 7.36. The summed E-state index contributed by atoms with van der Waals surface area (Å²) in [5, 5.41) is 3.31. The molecule has 0 heterocycles. The predicted molar refractivity (Wildman–Crippen MR) is 89.7 cm³/mol. The minimum Gasteiger partial charge on any atom is -0.497 e. The summed E-state index contributed by atoms with van der Waals surface area (Å²) in [5.74, 6) is 1.37. The molecule has 23 heavy (non-hydrogen) atoms. The fourth-order valence-electron chi connectivity index (χ4n) is 1.94. The van der Waals surface area contributed by atoms with Crippen molar-refractivity contribution in [1.29, 1.82) is 0 Å². The van der Waals surface area contributed by atoms with Gasteiger partial charge in [-0.2, -0.15) is 0 Å². The Morgan fingerprint density at radius 2 is 1.87 bits per heavy atom. The Hall–Kier alpha value is -2.40. The molecule has 2 aromatic rings. The number of ether oxygens (including phenoxy) is 3. The number of hydrogen-bond acceptors (Lipinski definition) is 4. The summed E-state index contributed by atoms with van der Waals surface area (Å²) in [4.78, 5) is 12.3. The molecule has 2 aromatic carbocycles. The molecule has 0 aromatic heterocycles. The van der Waals surface area contributed by atoms with E-state index in [-0.39, 0.29) is 5.91 Å². The van der Waals surface area contributed by atoms with Crippen molar-refractivity contribution in [2.24, 2.45) is 0 Å². The van der Waals surface area contributed by atoms with Crippen molar-refractivity contribution in [2.45, 2.75) is 13.0 Å². The Morgan fingerprint density at radius 3 is 2.52 bits per heavy atom. The highest BCUT2D eigenvalue weighted by atomic mass is 35.5. The second-order valence-corrected chi connectivity index (χ2v) is 5.21. The van der Waals surface area contributed by atoms with Crippen molar-refractivity contribution in [3.05, 3.63) is 47.5 Å². The Balaban J connectivity index is 2.09. The van der Waals surface area contributed by atoms with E-state index >= 15 is 0 Å². The summed E-state index contributed by atoms with van der Waals surface area (Å²) >= 11 is 5.90. The maximum atomic E-state index is 12.3. The molecule has 1 unspecified atom stereocenters. The normalized spacial score (nSPS) is 11.5. The van der Waals surface area contributed by atoms with Crippen LogP contribution in [-0.4, -0.2) is 26.2 Å². The van der Waals surface area contributed by atoms with Gasteiger partial charge < -0.3 is 19.5 Å². The Bertz CT molecular complexity index is 690. The first-order chi connectivity index (χ1) is 11.0. The Labute approximate surface area is 140 Å². The molecule has 0 fully saturated rings. The molecule has 0 spiro atoms. The topological polar surface area (TPSA) is 56.8 Å². The van der Waals surface area contributed by atoms with Gasteiger partial charge in [-0.05, 0) is 37.3 Å². The average Bonchev–Trinajstić information content (AvgIpc) is 2.54. The highest BCUT2D eigenvalue weighted by molar-refractivity contribution is 6.30. The second-order valence-electron chi connectivity index (χ2n) is 4.77. The van der Waals surface area contributed by atoms with Gasteiger partial charge in [0.2, 0.25) is 0 Å². The molecule has 0 saturated heterocycles. The summed E-state index contributed by atoms with van der Waals surface area (Å²) in [6.07, 6.45) is -0.704. The number of anilines is 1. The minimum atomic E-state index is -0.704. The summed E-state index contributed by atoms with van der Waals surface area (Å²) in [6, 6.07) is 12.0. The van der Waals surface area contributed by atoms with Gasteiger partial charge in [0.1, 0.15) is 17.2 Å². The Morgan fingerprint density at radius 1 is 1.09 bits per heavy atom. The molecular formula is C17H18ClNO4. The van der Waals surface area contributed by atoms with E-state index in [0.29, 0.717) is 28.0 Å². The number of halogens is 1. The van der Waals surface area contributed by atoms with Gasteiger partial charge in [-0.3, -0.25) is 4.79 Å². The number of carbonyl (C=O) groups is 1. The van der Waals surface area contributed by atoms with Gasteiger partial charge in [0.15, 0.2) is 6.10 Å². The third-order valence-electron chi connectivity index (χ3n) is 3.14.